The number of rotatable bonds is 3. The van der Waals surface area contributed by atoms with Crippen molar-refractivity contribution in [2.75, 3.05) is 0 Å². The van der Waals surface area contributed by atoms with Gasteiger partial charge in [0.15, 0.2) is 0 Å². The van der Waals surface area contributed by atoms with Crippen molar-refractivity contribution in [3.8, 4) is 11.1 Å². The number of nitrogens with one attached hydrogen (secondary N) is 1. The predicted molar refractivity (Wildman–Crippen MR) is 111 cm³/mol. The molecular formula is C21H17Cl2N3O. The summed E-state index contributed by atoms with van der Waals surface area (Å²) in [6.07, 6.45) is 1.75. The summed E-state index contributed by atoms with van der Waals surface area (Å²) in [5.74, 6) is 0.899. The van der Waals surface area contributed by atoms with Gasteiger partial charge in [-0.2, -0.15) is 0 Å². The van der Waals surface area contributed by atoms with Gasteiger partial charge in [0, 0.05) is 27.9 Å². The Morgan fingerprint density at radius 3 is 2.67 bits per heavy atom. The molecule has 0 atom stereocenters. The van der Waals surface area contributed by atoms with Gasteiger partial charge in [0.2, 0.25) is 5.56 Å². The van der Waals surface area contributed by atoms with Crippen LogP contribution in [0.2, 0.25) is 10.0 Å². The van der Waals surface area contributed by atoms with Gasteiger partial charge >= 0.3 is 0 Å². The second-order valence-electron chi connectivity index (χ2n) is 6.58. The Bertz CT molecular complexity index is 1220. The average Bonchev–Trinajstić information content (AvgIpc) is 2.93. The van der Waals surface area contributed by atoms with Crippen LogP contribution in [0.5, 0.6) is 0 Å². The molecule has 4 aromatic rings. The highest BCUT2D eigenvalue weighted by Crippen LogP contribution is 2.28. The minimum absolute atomic E-state index is 0.103. The zero-order valence-corrected chi connectivity index (χ0v) is 16.4. The fourth-order valence-corrected chi connectivity index (χ4v) is 3.70. The molecule has 0 amide bonds. The monoisotopic (exact) mass is 397 g/mol. The number of hydrogen-bond acceptors (Lipinski definition) is 2. The Morgan fingerprint density at radius 1 is 1.07 bits per heavy atom. The number of aromatic amines is 1. The van der Waals surface area contributed by atoms with Crippen molar-refractivity contribution in [3.63, 3.8) is 0 Å². The molecule has 27 heavy (non-hydrogen) atoms. The number of nitrogens with zero attached hydrogens (tertiary/aromatic N) is 2. The van der Waals surface area contributed by atoms with Crippen molar-refractivity contribution in [2.45, 2.75) is 20.4 Å². The van der Waals surface area contributed by atoms with Crippen LogP contribution >= 0.6 is 23.2 Å². The van der Waals surface area contributed by atoms with E-state index in [1.165, 1.54) is 0 Å². The average molecular weight is 398 g/mol. The minimum atomic E-state index is -0.103. The number of pyridine rings is 1. The van der Waals surface area contributed by atoms with E-state index in [1.807, 2.05) is 38.1 Å². The molecule has 0 unspecified atom stereocenters. The number of imidazole rings is 1. The highest BCUT2D eigenvalue weighted by Gasteiger charge is 2.12. The zero-order chi connectivity index (χ0) is 19.1. The Balaban J connectivity index is 1.85. The van der Waals surface area contributed by atoms with Crippen LogP contribution in [0.1, 0.15) is 17.0 Å². The standard InChI is InChI=1S/C21H17Cl2N3O/c1-12-7-21(27)24-10-17(12)14-3-6-19-20(9-14)26(13(2)25-19)11-15-8-16(22)4-5-18(15)23/h3-10H,11H2,1-2H3,(H,24,27). The van der Waals surface area contributed by atoms with Crippen LogP contribution in [-0.2, 0) is 6.54 Å². The lowest BCUT2D eigenvalue weighted by atomic mass is 10.0. The van der Waals surface area contributed by atoms with Crippen molar-refractivity contribution in [2.24, 2.45) is 0 Å². The fourth-order valence-electron chi connectivity index (χ4n) is 3.33. The quantitative estimate of drug-likeness (QED) is 0.505. The molecule has 2 aromatic heterocycles. The van der Waals surface area contributed by atoms with E-state index < -0.39 is 0 Å². The van der Waals surface area contributed by atoms with Gasteiger partial charge < -0.3 is 9.55 Å². The van der Waals surface area contributed by atoms with Crippen LogP contribution in [0.15, 0.2) is 53.5 Å². The Morgan fingerprint density at radius 2 is 1.89 bits per heavy atom. The lowest BCUT2D eigenvalue weighted by molar-refractivity contribution is 0.786. The van der Waals surface area contributed by atoms with Crippen LogP contribution < -0.4 is 5.56 Å². The molecular weight excluding hydrogens is 381 g/mol. The van der Waals surface area contributed by atoms with E-state index in [1.54, 1.807) is 18.3 Å². The summed E-state index contributed by atoms with van der Waals surface area (Å²) in [6.45, 7) is 4.49. The third-order valence-corrected chi connectivity index (χ3v) is 5.32. The highest BCUT2D eigenvalue weighted by molar-refractivity contribution is 6.33. The lowest BCUT2D eigenvalue weighted by Crippen LogP contribution is -2.05. The molecule has 0 fully saturated rings. The van der Waals surface area contributed by atoms with Crippen LogP contribution in [0.3, 0.4) is 0 Å². The van der Waals surface area contributed by atoms with Crippen molar-refractivity contribution in [1.82, 2.24) is 14.5 Å². The molecule has 0 bridgehead atoms. The molecule has 0 spiro atoms. The molecule has 0 saturated heterocycles. The number of aromatic nitrogens is 3. The summed E-state index contributed by atoms with van der Waals surface area (Å²) < 4.78 is 2.12. The molecule has 6 heteroatoms. The number of fused-ring (bicyclic) bond motifs is 1. The molecule has 0 radical (unpaired) electrons. The minimum Gasteiger partial charge on any atom is -0.328 e. The van der Waals surface area contributed by atoms with Crippen LogP contribution in [0.25, 0.3) is 22.2 Å². The number of halogens is 2. The van der Waals surface area contributed by atoms with Crippen molar-refractivity contribution >= 4 is 34.2 Å². The van der Waals surface area contributed by atoms with Gasteiger partial charge in [-0.25, -0.2) is 4.98 Å². The van der Waals surface area contributed by atoms with E-state index in [2.05, 4.69) is 20.6 Å². The summed E-state index contributed by atoms with van der Waals surface area (Å²) in [5.41, 5.74) is 5.70. The molecule has 136 valence electrons. The van der Waals surface area contributed by atoms with Gasteiger partial charge in [0.1, 0.15) is 5.82 Å². The second-order valence-corrected chi connectivity index (χ2v) is 7.42. The fraction of sp³-hybridized carbons (Fsp3) is 0.143. The Labute approximate surface area is 166 Å². The van der Waals surface area contributed by atoms with Gasteiger partial charge in [0.25, 0.3) is 0 Å². The second kappa shape index (κ2) is 6.87. The van der Waals surface area contributed by atoms with Gasteiger partial charge in [-0.3, -0.25) is 4.79 Å². The Kier molecular flexibility index (Phi) is 4.54. The maximum atomic E-state index is 11.5. The largest absolute Gasteiger partial charge is 0.328 e. The van der Waals surface area contributed by atoms with Crippen molar-refractivity contribution < 1.29 is 0 Å². The molecule has 0 aliphatic heterocycles. The number of aryl methyl sites for hydroxylation is 2. The van der Waals surface area contributed by atoms with E-state index in [4.69, 9.17) is 23.2 Å². The summed E-state index contributed by atoms with van der Waals surface area (Å²) in [6, 6.07) is 13.2. The summed E-state index contributed by atoms with van der Waals surface area (Å²) >= 11 is 12.5. The molecule has 1 N–H and O–H groups in total. The van der Waals surface area contributed by atoms with Crippen LogP contribution in [0, 0.1) is 13.8 Å². The normalized spacial score (nSPS) is 11.3. The third kappa shape index (κ3) is 3.38. The molecule has 2 heterocycles. The molecule has 0 aliphatic carbocycles. The van der Waals surface area contributed by atoms with E-state index in [0.29, 0.717) is 16.6 Å². The number of benzene rings is 2. The van der Waals surface area contributed by atoms with Gasteiger partial charge in [-0.15, -0.1) is 0 Å². The van der Waals surface area contributed by atoms with Crippen LogP contribution in [0.4, 0.5) is 0 Å². The SMILES string of the molecule is Cc1cc(=O)[nH]cc1-c1ccc2nc(C)n(Cc3cc(Cl)ccc3Cl)c2c1. The topological polar surface area (TPSA) is 50.7 Å². The smallest absolute Gasteiger partial charge is 0.248 e. The summed E-state index contributed by atoms with van der Waals surface area (Å²) in [7, 11) is 0. The summed E-state index contributed by atoms with van der Waals surface area (Å²) in [5, 5.41) is 1.33. The molecule has 0 saturated carbocycles. The molecule has 2 aromatic carbocycles. The molecule has 0 aliphatic rings. The van der Waals surface area contributed by atoms with Gasteiger partial charge in [-0.1, -0.05) is 29.3 Å². The summed E-state index contributed by atoms with van der Waals surface area (Å²) in [4.78, 5) is 18.9. The number of H-pyrrole nitrogens is 1. The first kappa shape index (κ1) is 17.8. The third-order valence-electron chi connectivity index (χ3n) is 4.72. The molecule has 4 rings (SSSR count). The lowest BCUT2D eigenvalue weighted by Gasteiger charge is -2.11. The van der Waals surface area contributed by atoms with E-state index in [9.17, 15) is 4.79 Å². The van der Waals surface area contributed by atoms with Crippen molar-refractivity contribution in [1.29, 1.82) is 0 Å². The maximum Gasteiger partial charge on any atom is 0.248 e. The first-order valence-corrected chi connectivity index (χ1v) is 9.28. The first-order valence-electron chi connectivity index (χ1n) is 8.53. The van der Waals surface area contributed by atoms with E-state index in [0.717, 1.165) is 39.1 Å². The van der Waals surface area contributed by atoms with E-state index >= 15 is 0 Å². The number of hydrogen-bond donors (Lipinski definition) is 1. The van der Waals surface area contributed by atoms with Gasteiger partial charge in [-0.05, 0) is 60.9 Å². The van der Waals surface area contributed by atoms with E-state index in [-0.39, 0.29) is 5.56 Å². The van der Waals surface area contributed by atoms with Crippen LogP contribution in [-0.4, -0.2) is 14.5 Å². The predicted octanol–water partition coefficient (Wildman–Crippen LogP) is 5.36. The molecule has 4 nitrogen and oxygen atoms in total. The first-order chi connectivity index (χ1) is 12.9. The highest BCUT2D eigenvalue weighted by atomic mass is 35.5. The van der Waals surface area contributed by atoms with Crippen molar-refractivity contribution in [3.05, 3.63) is 86.0 Å². The van der Waals surface area contributed by atoms with Gasteiger partial charge in [0.05, 0.1) is 17.6 Å². The maximum absolute atomic E-state index is 11.5. The zero-order valence-electron chi connectivity index (χ0n) is 14.9. The Hall–Kier alpha value is -2.56.